The zero-order valence-corrected chi connectivity index (χ0v) is 12.6. The van der Waals surface area contributed by atoms with E-state index in [1.165, 1.54) is 0 Å². The van der Waals surface area contributed by atoms with Crippen LogP contribution in [0.15, 0.2) is 12.4 Å². The largest absolute Gasteiger partial charge is 0.459 e. The van der Waals surface area contributed by atoms with Gasteiger partial charge in [-0.1, -0.05) is 0 Å². The van der Waals surface area contributed by atoms with Crippen molar-refractivity contribution in [2.24, 2.45) is 5.73 Å². The van der Waals surface area contributed by atoms with Crippen molar-refractivity contribution in [3.05, 3.63) is 16.0 Å². The van der Waals surface area contributed by atoms with E-state index in [1.54, 1.807) is 10.9 Å². The van der Waals surface area contributed by atoms with Crippen LogP contribution >= 0.6 is 22.6 Å². The predicted octanol–water partition coefficient (Wildman–Crippen LogP) is 1.72. The molecule has 2 atom stereocenters. The van der Waals surface area contributed by atoms with Crippen molar-refractivity contribution in [3.63, 3.8) is 0 Å². The van der Waals surface area contributed by atoms with Crippen molar-refractivity contribution in [2.75, 3.05) is 0 Å². The highest BCUT2D eigenvalue weighted by molar-refractivity contribution is 14.1. The molecule has 0 fully saturated rings. The first-order valence-corrected chi connectivity index (χ1v) is 6.46. The molecule has 0 aliphatic rings. The summed E-state index contributed by atoms with van der Waals surface area (Å²) in [5.74, 6) is -0.407. The van der Waals surface area contributed by atoms with Gasteiger partial charge in [0.1, 0.15) is 11.6 Å². The molecule has 0 saturated carbocycles. The lowest BCUT2D eigenvalue weighted by atomic mass is 10.1. The fourth-order valence-corrected chi connectivity index (χ4v) is 1.68. The van der Waals surface area contributed by atoms with Crippen LogP contribution in [0.2, 0.25) is 0 Å². The molecule has 0 aliphatic heterocycles. The molecule has 96 valence electrons. The van der Waals surface area contributed by atoms with E-state index < -0.39 is 17.6 Å². The summed E-state index contributed by atoms with van der Waals surface area (Å²) in [6.07, 6.45) is 3.56. The maximum atomic E-state index is 11.8. The van der Waals surface area contributed by atoms with E-state index in [0.717, 1.165) is 3.57 Å². The van der Waals surface area contributed by atoms with Crippen molar-refractivity contribution in [1.82, 2.24) is 9.78 Å². The molecule has 0 spiro atoms. The Bertz CT molecular complexity index is 398. The first-order chi connectivity index (χ1) is 7.70. The molecule has 1 rings (SSSR count). The van der Waals surface area contributed by atoms with Gasteiger partial charge in [0.15, 0.2) is 0 Å². The monoisotopic (exact) mass is 351 g/mol. The van der Waals surface area contributed by atoms with Crippen LogP contribution in [-0.2, 0) is 9.53 Å². The van der Waals surface area contributed by atoms with Crippen molar-refractivity contribution < 1.29 is 9.53 Å². The van der Waals surface area contributed by atoms with Gasteiger partial charge in [-0.25, -0.2) is 0 Å². The number of carbonyl (C=O) groups excluding carboxylic acids is 1. The van der Waals surface area contributed by atoms with Gasteiger partial charge in [0, 0.05) is 6.20 Å². The molecule has 17 heavy (non-hydrogen) atoms. The third-order valence-corrected chi connectivity index (χ3v) is 2.74. The SMILES string of the molecule is CC(C(N)C(=O)OC(C)(C)C)n1cc(I)cn1. The predicted molar refractivity (Wildman–Crippen MR) is 73.5 cm³/mol. The molecular weight excluding hydrogens is 333 g/mol. The van der Waals surface area contributed by atoms with E-state index >= 15 is 0 Å². The zero-order valence-electron chi connectivity index (χ0n) is 10.5. The second-order valence-electron chi connectivity index (χ2n) is 4.94. The van der Waals surface area contributed by atoms with E-state index in [-0.39, 0.29) is 6.04 Å². The van der Waals surface area contributed by atoms with E-state index in [4.69, 9.17) is 10.5 Å². The summed E-state index contributed by atoms with van der Waals surface area (Å²) in [5, 5.41) is 4.14. The number of halogens is 1. The molecule has 1 heterocycles. The van der Waals surface area contributed by atoms with Gasteiger partial charge in [-0.05, 0) is 50.3 Å². The number of rotatable bonds is 3. The van der Waals surface area contributed by atoms with Crippen LogP contribution in [0.25, 0.3) is 0 Å². The lowest BCUT2D eigenvalue weighted by molar-refractivity contribution is -0.157. The Morgan fingerprint density at radius 3 is 2.59 bits per heavy atom. The standard InChI is InChI=1S/C11H18IN3O2/c1-7(15-6-8(12)5-14-15)9(13)10(16)17-11(2,3)4/h5-7,9H,13H2,1-4H3. The van der Waals surface area contributed by atoms with Gasteiger partial charge in [-0.15, -0.1) is 0 Å². The minimum Gasteiger partial charge on any atom is -0.459 e. The minimum atomic E-state index is -0.718. The highest BCUT2D eigenvalue weighted by Crippen LogP contribution is 2.15. The van der Waals surface area contributed by atoms with Crippen molar-refractivity contribution in [1.29, 1.82) is 0 Å². The van der Waals surface area contributed by atoms with Crippen molar-refractivity contribution >= 4 is 28.6 Å². The molecule has 0 radical (unpaired) electrons. The maximum absolute atomic E-state index is 11.8. The van der Waals surface area contributed by atoms with Gasteiger partial charge in [-0.2, -0.15) is 5.10 Å². The van der Waals surface area contributed by atoms with Crippen LogP contribution in [0, 0.1) is 3.57 Å². The van der Waals surface area contributed by atoms with Crippen LogP contribution in [0.4, 0.5) is 0 Å². The third kappa shape index (κ3) is 4.27. The van der Waals surface area contributed by atoms with Crippen molar-refractivity contribution in [3.8, 4) is 0 Å². The molecule has 6 heteroatoms. The van der Waals surface area contributed by atoms with Crippen LogP contribution in [0.3, 0.4) is 0 Å². The smallest absolute Gasteiger partial charge is 0.325 e. The number of nitrogens with two attached hydrogens (primary N) is 1. The van der Waals surface area contributed by atoms with Gasteiger partial charge in [0.2, 0.25) is 0 Å². The lowest BCUT2D eigenvalue weighted by Gasteiger charge is -2.25. The number of ether oxygens (including phenoxy) is 1. The summed E-state index contributed by atoms with van der Waals surface area (Å²) in [5.41, 5.74) is 5.35. The Labute approximate surface area is 115 Å². The fraction of sp³-hybridized carbons (Fsp3) is 0.636. The molecule has 1 aromatic rings. The molecule has 0 bridgehead atoms. The van der Waals surface area contributed by atoms with E-state index in [2.05, 4.69) is 27.7 Å². The maximum Gasteiger partial charge on any atom is 0.325 e. The zero-order chi connectivity index (χ0) is 13.2. The van der Waals surface area contributed by atoms with Crippen molar-refractivity contribution in [2.45, 2.75) is 45.4 Å². The van der Waals surface area contributed by atoms with Crippen LogP contribution in [-0.4, -0.2) is 27.4 Å². The topological polar surface area (TPSA) is 70.1 Å². The molecule has 0 aromatic carbocycles. The third-order valence-electron chi connectivity index (χ3n) is 2.19. The van der Waals surface area contributed by atoms with Gasteiger partial charge >= 0.3 is 5.97 Å². The van der Waals surface area contributed by atoms with E-state index in [0.29, 0.717) is 0 Å². The Morgan fingerprint density at radius 2 is 2.18 bits per heavy atom. The molecule has 0 aliphatic carbocycles. The molecular formula is C11H18IN3O2. The van der Waals surface area contributed by atoms with Gasteiger partial charge in [-0.3, -0.25) is 9.48 Å². The number of esters is 1. The number of carbonyl (C=O) groups is 1. The Hall–Kier alpha value is -0.630. The van der Waals surface area contributed by atoms with E-state index in [1.807, 2.05) is 33.9 Å². The summed E-state index contributed by atoms with van der Waals surface area (Å²) in [7, 11) is 0. The van der Waals surface area contributed by atoms with Gasteiger partial charge in [0.05, 0.1) is 15.8 Å². The Kier molecular flexibility index (Phi) is 4.54. The Morgan fingerprint density at radius 1 is 1.59 bits per heavy atom. The molecule has 0 amide bonds. The second kappa shape index (κ2) is 5.34. The van der Waals surface area contributed by atoms with Crippen LogP contribution < -0.4 is 5.73 Å². The molecule has 1 aromatic heterocycles. The number of hydrogen-bond acceptors (Lipinski definition) is 4. The first-order valence-electron chi connectivity index (χ1n) is 5.39. The highest BCUT2D eigenvalue weighted by atomic mass is 127. The average Bonchev–Trinajstić information content (AvgIpc) is 2.60. The second-order valence-corrected chi connectivity index (χ2v) is 6.18. The number of aromatic nitrogens is 2. The van der Waals surface area contributed by atoms with Gasteiger partial charge in [0.25, 0.3) is 0 Å². The average molecular weight is 351 g/mol. The molecule has 2 unspecified atom stereocenters. The number of hydrogen-bond donors (Lipinski definition) is 1. The lowest BCUT2D eigenvalue weighted by Crippen LogP contribution is -2.42. The van der Waals surface area contributed by atoms with E-state index in [9.17, 15) is 4.79 Å². The Balaban J connectivity index is 2.70. The molecule has 0 saturated heterocycles. The summed E-state index contributed by atoms with van der Waals surface area (Å²) < 4.78 is 7.92. The highest BCUT2D eigenvalue weighted by Gasteiger charge is 2.27. The first kappa shape index (κ1) is 14.4. The quantitative estimate of drug-likeness (QED) is 0.665. The van der Waals surface area contributed by atoms with Crippen LogP contribution in [0.1, 0.15) is 33.7 Å². The normalized spacial score (nSPS) is 15.4. The summed E-state index contributed by atoms with van der Waals surface area (Å²) in [4.78, 5) is 11.8. The summed E-state index contributed by atoms with van der Waals surface area (Å²) in [6, 6.07) is -0.946. The van der Waals surface area contributed by atoms with Gasteiger partial charge < -0.3 is 10.5 Å². The fourth-order valence-electron chi connectivity index (χ4n) is 1.27. The molecule has 5 nitrogen and oxygen atoms in total. The molecule has 2 N–H and O–H groups in total. The summed E-state index contributed by atoms with van der Waals surface area (Å²) in [6.45, 7) is 7.30. The summed E-state index contributed by atoms with van der Waals surface area (Å²) >= 11 is 2.16. The number of nitrogens with zero attached hydrogens (tertiary/aromatic N) is 2. The minimum absolute atomic E-state index is 0.228. The van der Waals surface area contributed by atoms with Crippen LogP contribution in [0.5, 0.6) is 0 Å².